The molecule has 1 aromatic carbocycles. The standard InChI is InChI=1S/C15H18FNOS/c1-3-17-13(15-5-4-8-19-15)10-11-6-7-14(18-2)12(16)9-11/h4-9,13,17H,3,10H2,1-2H3. The number of rotatable bonds is 6. The van der Waals surface area contributed by atoms with E-state index in [0.29, 0.717) is 5.75 Å². The molecule has 0 saturated heterocycles. The largest absolute Gasteiger partial charge is 0.494 e. The van der Waals surface area contributed by atoms with Crippen molar-refractivity contribution in [2.24, 2.45) is 0 Å². The fraction of sp³-hybridized carbons (Fsp3) is 0.333. The number of hydrogen-bond donors (Lipinski definition) is 1. The minimum atomic E-state index is -0.304. The zero-order chi connectivity index (χ0) is 13.7. The molecule has 0 aliphatic heterocycles. The SMILES string of the molecule is CCNC(Cc1ccc(OC)c(F)c1)c1cccs1. The van der Waals surface area contributed by atoms with Gasteiger partial charge in [0.05, 0.1) is 7.11 Å². The van der Waals surface area contributed by atoms with Crippen molar-refractivity contribution in [3.05, 3.63) is 52.0 Å². The highest BCUT2D eigenvalue weighted by Crippen LogP contribution is 2.25. The van der Waals surface area contributed by atoms with E-state index in [-0.39, 0.29) is 11.9 Å². The van der Waals surface area contributed by atoms with E-state index in [9.17, 15) is 4.39 Å². The number of hydrogen-bond acceptors (Lipinski definition) is 3. The Balaban J connectivity index is 2.15. The molecule has 19 heavy (non-hydrogen) atoms. The van der Waals surface area contributed by atoms with Crippen molar-refractivity contribution in [1.82, 2.24) is 5.32 Å². The van der Waals surface area contributed by atoms with E-state index in [2.05, 4.69) is 23.7 Å². The van der Waals surface area contributed by atoms with Crippen LogP contribution in [0.3, 0.4) is 0 Å². The van der Waals surface area contributed by atoms with E-state index < -0.39 is 0 Å². The third-order valence-corrected chi connectivity index (χ3v) is 3.98. The first-order valence-corrected chi connectivity index (χ1v) is 7.21. The highest BCUT2D eigenvalue weighted by molar-refractivity contribution is 7.10. The Labute approximate surface area is 117 Å². The summed E-state index contributed by atoms with van der Waals surface area (Å²) < 4.78 is 18.6. The van der Waals surface area contributed by atoms with Crippen LogP contribution in [0.1, 0.15) is 23.4 Å². The molecule has 1 N–H and O–H groups in total. The van der Waals surface area contributed by atoms with Crippen LogP contribution in [0.5, 0.6) is 5.75 Å². The summed E-state index contributed by atoms with van der Waals surface area (Å²) in [6.45, 7) is 2.97. The van der Waals surface area contributed by atoms with E-state index >= 15 is 0 Å². The first kappa shape index (κ1) is 14.0. The predicted molar refractivity (Wildman–Crippen MR) is 77.4 cm³/mol. The van der Waals surface area contributed by atoms with Crippen molar-refractivity contribution >= 4 is 11.3 Å². The highest BCUT2D eigenvalue weighted by Gasteiger charge is 2.13. The topological polar surface area (TPSA) is 21.3 Å². The van der Waals surface area contributed by atoms with Crippen molar-refractivity contribution in [3.8, 4) is 5.75 Å². The minimum Gasteiger partial charge on any atom is -0.494 e. The Kier molecular flexibility index (Phi) is 4.93. The first-order chi connectivity index (χ1) is 9.24. The quantitative estimate of drug-likeness (QED) is 0.868. The van der Waals surface area contributed by atoms with Crippen LogP contribution in [-0.2, 0) is 6.42 Å². The molecule has 0 saturated carbocycles. The smallest absolute Gasteiger partial charge is 0.165 e. The average molecular weight is 279 g/mol. The summed E-state index contributed by atoms with van der Waals surface area (Å²) >= 11 is 1.72. The summed E-state index contributed by atoms with van der Waals surface area (Å²) in [5.74, 6) is -0.0127. The Bertz CT molecular complexity index is 513. The molecule has 0 aliphatic rings. The van der Waals surface area contributed by atoms with E-state index in [0.717, 1.165) is 18.5 Å². The molecule has 0 fully saturated rings. The van der Waals surface area contributed by atoms with Gasteiger partial charge in [0.2, 0.25) is 0 Å². The molecule has 1 aromatic heterocycles. The monoisotopic (exact) mass is 279 g/mol. The highest BCUT2D eigenvalue weighted by atomic mass is 32.1. The number of ether oxygens (including phenoxy) is 1. The summed E-state index contributed by atoms with van der Waals surface area (Å²) in [7, 11) is 1.48. The average Bonchev–Trinajstić information content (AvgIpc) is 2.92. The summed E-state index contributed by atoms with van der Waals surface area (Å²) in [5, 5.41) is 5.50. The maximum Gasteiger partial charge on any atom is 0.165 e. The summed E-state index contributed by atoms with van der Waals surface area (Å²) in [4.78, 5) is 1.28. The Morgan fingerprint density at radius 2 is 2.21 bits per heavy atom. The third-order valence-electron chi connectivity index (χ3n) is 2.99. The van der Waals surface area contributed by atoms with Crippen LogP contribution < -0.4 is 10.1 Å². The van der Waals surface area contributed by atoms with Crippen LogP contribution in [-0.4, -0.2) is 13.7 Å². The first-order valence-electron chi connectivity index (χ1n) is 6.33. The van der Waals surface area contributed by atoms with Gasteiger partial charge in [-0.3, -0.25) is 0 Å². The van der Waals surface area contributed by atoms with E-state index in [4.69, 9.17) is 4.74 Å². The van der Waals surface area contributed by atoms with Gasteiger partial charge < -0.3 is 10.1 Å². The van der Waals surface area contributed by atoms with Gasteiger partial charge in [0.25, 0.3) is 0 Å². The lowest BCUT2D eigenvalue weighted by Gasteiger charge is -2.17. The Morgan fingerprint density at radius 3 is 2.79 bits per heavy atom. The predicted octanol–water partition coefficient (Wildman–Crippen LogP) is 3.79. The molecule has 0 bridgehead atoms. The van der Waals surface area contributed by atoms with E-state index in [1.807, 2.05) is 12.1 Å². The Morgan fingerprint density at radius 1 is 1.37 bits per heavy atom. The maximum atomic E-state index is 13.7. The molecule has 0 spiro atoms. The van der Waals surface area contributed by atoms with E-state index in [1.54, 1.807) is 23.5 Å². The van der Waals surface area contributed by atoms with Gasteiger partial charge in [-0.25, -0.2) is 4.39 Å². The second-order valence-corrected chi connectivity index (χ2v) is 5.28. The molecule has 2 nitrogen and oxygen atoms in total. The fourth-order valence-corrected chi connectivity index (χ4v) is 2.88. The fourth-order valence-electron chi connectivity index (χ4n) is 2.08. The number of thiophene rings is 1. The zero-order valence-corrected chi connectivity index (χ0v) is 12.0. The molecule has 2 rings (SSSR count). The molecule has 0 amide bonds. The van der Waals surface area contributed by atoms with Crippen molar-refractivity contribution in [2.45, 2.75) is 19.4 Å². The molecule has 0 radical (unpaired) electrons. The van der Waals surface area contributed by atoms with Crippen LogP contribution in [0.25, 0.3) is 0 Å². The normalized spacial score (nSPS) is 12.4. The molecule has 1 atom stereocenters. The second-order valence-electron chi connectivity index (χ2n) is 4.30. The lowest BCUT2D eigenvalue weighted by molar-refractivity contribution is 0.386. The molecule has 102 valence electrons. The van der Waals surface area contributed by atoms with Crippen LogP contribution >= 0.6 is 11.3 Å². The van der Waals surface area contributed by atoms with Gasteiger partial charge in [-0.1, -0.05) is 19.1 Å². The van der Waals surface area contributed by atoms with Gasteiger partial charge in [-0.05, 0) is 42.1 Å². The molecule has 2 aromatic rings. The van der Waals surface area contributed by atoms with Crippen LogP contribution in [0, 0.1) is 5.82 Å². The number of benzene rings is 1. The van der Waals surface area contributed by atoms with Crippen LogP contribution in [0.2, 0.25) is 0 Å². The molecule has 4 heteroatoms. The molecule has 0 aliphatic carbocycles. The molecule has 1 unspecified atom stereocenters. The molecular weight excluding hydrogens is 261 g/mol. The second kappa shape index (κ2) is 6.68. The van der Waals surface area contributed by atoms with Crippen LogP contribution in [0.15, 0.2) is 35.7 Å². The zero-order valence-electron chi connectivity index (χ0n) is 11.2. The minimum absolute atomic E-state index is 0.234. The third kappa shape index (κ3) is 3.55. The van der Waals surface area contributed by atoms with Crippen LogP contribution in [0.4, 0.5) is 4.39 Å². The summed E-state index contributed by atoms with van der Waals surface area (Å²) in [5.41, 5.74) is 0.970. The van der Waals surface area contributed by atoms with Gasteiger partial charge in [-0.2, -0.15) is 0 Å². The maximum absolute atomic E-state index is 13.7. The number of nitrogens with one attached hydrogen (secondary N) is 1. The van der Waals surface area contributed by atoms with E-state index in [1.165, 1.54) is 12.0 Å². The van der Waals surface area contributed by atoms with Gasteiger partial charge in [0.1, 0.15) is 0 Å². The number of methoxy groups -OCH3 is 1. The molecule has 1 heterocycles. The van der Waals surface area contributed by atoms with Crippen molar-refractivity contribution in [1.29, 1.82) is 0 Å². The summed E-state index contributed by atoms with van der Waals surface area (Å²) in [6.07, 6.45) is 0.773. The van der Waals surface area contributed by atoms with Gasteiger partial charge >= 0.3 is 0 Å². The number of halogens is 1. The Hall–Kier alpha value is -1.39. The summed E-state index contributed by atoms with van der Waals surface area (Å²) in [6, 6.07) is 9.54. The van der Waals surface area contributed by atoms with Crippen molar-refractivity contribution in [3.63, 3.8) is 0 Å². The lowest BCUT2D eigenvalue weighted by atomic mass is 10.0. The molecular formula is C15H18FNOS. The van der Waals surface area contributed by atoms with Crippen molar-refractivity contribution < 1.29 is 9.13 Å². The van der Waals surface area contributed by atoms with Gasteiger partial charge in [0, 0.05) is 10.9 Å². The lowest BCUT2D eigenvalue weighted by Crippen LogP contribution is -2.22. The number of likely N-dealkylation sites (N-methyl/N-ethyl adjacent to an activating group) is 1. The van der Waals surface area contributed by atoms with Gasteiger partial charge in [0.15, 0.2) is 11.6 Å². The van der Waals surface area contributed by atoms with Crippen molar-refractivity contribution in [2.75, 3.05) is 13.7 Å². The van der Waals surface area contributed by atoms with Gasteiger partial charge in [-0.15, -0.1) is 11.3 Å².